The van der Waals surface area contributed by atoms with Crippen LogP contribution < -0.4 is 5.73 Å². The van der Waals surface area contributed by atoms with Gasteiger partial charge < -0.3 is 10.5 Å². The molecule has 0 amide bonds. The lowest BCUT2D eigenvalue weighted by Crippen LogP contribution is -2.28. The lowest BCUT2D eigenvalue weighted by Gasteiger charge is -2.28. The van der Waals surface area contributed by atoms with Crippen LogP contribution in [0.2, 0.25) is 5.02 Å². The molecule has 1 aromatic rings. The van der Waals surface area contributed by atoms with E-state index in [1.807, 2.05) is 0 Å². The van der Waals surface area contributed by atoms with E-state index in [4.69, 9.17) is 22.1 Å². The molecule has 0 aromatic heterocycles. The van der Waals surface area contributed by atoms with E-state index in [9.17, 15) is 4.39 Å². The summed E-state index contributed by atoms with van der Waals surface area (Å²) in [7, 11) is 0. The number of nitrogens with two attached hydrogens (primary N) is 1. The highest BCUT2D eigenvalue weighted by Gasteiger charge is 2.24. The predicted octanol–water partition coefficient (Wildman–Crippen LogP) is 3.33. The first-order valence-corrected chi connectivity index (χ1v) is 5.84. The largest absolute Gasteiger partial charge is 0.381 e. The molecule has 5 heteroatoms. The van der Waals surface area contributed by atoms with Gasteiger partial charge in [0.15, 0.2) is 0 Å². The Labute approximate surface area is 112 Å². The smallest absolute Gasteiger partial charge is 0.129 e. The van der Waals surface area contributed by atoms with Crippen LogP contribution in [0.3, 0.4) is 0 Å². The molecule has 2 N–H and O–H groups in total. The Bertz CT molecular complexity index is 370. The van der Waals surface area contributed by atoms with Gasteiger partial charge >= 0.3 is 0 Å². The Balaban J connectivity index is 0.00000144. The number of rotatable bonds is 2. The van der Waals surface area contributed by atoms with E-state index in [-0.39, 0.29) is 24.3 Å². The van der Waals surface area contributed by atoms with Crippen LogP contribution in [0.15, 0.2) is 18.2 Å². The molecule has 0 spiro atoms. The number of hydrogen-bond donors (Lipinski definition) is 1. The molecular formula is C12H16Cl2FNO. The molecule has 1 aliphatic heterocycles. The normalized spacial score (nSPS) is 18.5. The summed E-state index contributed by atoms with van der Waals surface area (Å²) in [5.74, 6) is -0.0177. The van der Waals surface area contributed by atoms with Crippen LogP contribution in [0.4, 0.5) is 4.39 Å². The fourth-order valence-electron chi connectivity index (χ4n) is 2.10. The summed E-state index contributed by atoms with van der Waals surface area (Å²) in [5.41, 5.74) is 6.63. The monoisotopic (exact) mass is 279 g/mol. The van der Waals surface area contributed by atoms with E-state index in [2.05, 4.69) is 0 Å². The predicted molar refractivity (Wildman–Crippen MR) is 69.1 cm³/mol. The number of ether oxygens (including phenoxy) is 1. The van der Waals surface area contributed by atoms with Gasteiger partial charge in [-0.05, 0) is 30.9 Å². The van der Waals surface area contributed by atoms with Crippen LogP contribution in [0.25, 0.3) is 0 Å². The van der Waals surface area contributed by atoms with Gasteiger partial charge in [0.25, 0.3) is 0 Å². The molecule has 1 heterocycles. The molecule has 2 rings (SSSR count). The van der Waals surface area contributed by atoms with Crippen LogP contribution in [-0.4, -0.2) is 13.2 Å². The van der Waals surface area contributed by atoms with E-state index in [0.717, 1.165) is 12.8 Å². The van der Waals surface area contributed by atoms with Crippen LogP contribution in [0, 0.1) is 11.7 Å². The highest BCUT2D eigenvalue weighted by molar-refractivity contribution is 6.30. The van der Waals surface area contributed by atoms with Crippen molar-refractivity contribution in [2.24, 2.45) is 11.7 Å². The second-order valence-corrected chi connectivity index (χ2v) is 4.58. The molecule has 0 bridgehead atoms. The van der Waals surface area contributed by atoms with Crippen molar-refractivity contribution >= 4 is 24.0 Å². The second-order valence-electron chi connectivity index (χ2n) is 4.14. The minimum atomic E-state index is -0.313. The molecule has 1 saturated heterocycles. The minimum absolute atomic E-state index is 0. The first-order valence-electron chi connectivity index (χ1n) is 5.47. The van der Waals surface area contributed by atoms with Crippen LogP contribution in [0.1, 0.15) is 24.4 Å². The zero-order valence-electron chi connectivity index (χ0n) is 9.36. The van der Waals surface area contributed by atoms with Gasteiger partial charge in [-0.2, -0.15) is 0 Å². The average molecular weight is 280 g/mol. The van der Waals surface area contributed by atoms with Gasteiger partial charge in [-0.15, -0.1) is 12.4 Å². The van der Waals surface area contributed by atoms with Crippen molar-refractivity contribution in [1.29, 1.82) is 0 Å². The zero-order chi connectivity index (χ0) is 11.5. The van der Waals surface area contributed by atoms with E-state index in [1.165, 1.54) is 6.07 Å². The average Bonchev–Trinajstić information content (AvgIpc) is 2.29. The summed E-state index contributed by atoms with van der Waals surface area (Å²) in [6.45, 7) is 1.43. The topological polar surface area (TPSA) is 35.2 Å². The maximum atomic E-state index is 13.7. The van der Waals surface area contributed by atoms with Crippen molar-refractivity contribution in [2.75, 3.05) is 13.2 Å². The van der Waals surface area contributed by atoms with Gasteiger partial charge in [-0.3, -0.25) is 0 Å². The molecule has 1 atom stereocenters. The van der Waals surface area contributed by atoms with E-state index in [0.29, 0.717) is 29.7 Å². The molecule has 96 valence electrons. The minimum Gasteiger partial charge on any atom is -0.381 e. The number of hydrogen-bond acceptors (Lipinski definition) is 2. The summed E-state index contributed by atoms with van der Waals surface area (Å²) in [6.07, 6.45) is 1.78. The van der Waals surface area contributed by atoms with Gasteiger partial charge in [0, 0.05) is 29.8 Å². The molecular weight excluding hydrogens is 264 g/mol. The summed E-state index contributed by atoms with van der Waals surface area (Å²) in [6, 6.07) is 4.41. The van der Waals surface area contributed by atoms with Crippen molar-refractivity contribution in [3.05, 3.63) is 34.6 Å². The van der Waals surface area contributed by atoms with Crippen LogP contribution in [0.5, 0.6) is 0 Å². The third-order valence-corrected chi connectivity index (χ3v) is 3.33. The van der Waals surface area contributed by atoms with Gasteiger partial charge in [-0.1, -0.05) is 17.7 Å². The van der Waals surface area contributed by atoms with Crippen molar-refractivity contribution in [2.45, 2.75) is 18.9 Å². The van der Waals surface area contributed by atoms with Crippen molar-refractivity contribution in [3.8, 4) is 0 Å². The van der Waals surface area contributed by atoms with Crippen molar-refractivity contribution < 1.29 is 9.13 Å². The molecule has 0 saturated carbocycles. The second kappa shape index (κ2) is 6.55. The van der Waals surface area contributed by atoms with E-state index >= 15 is 0 Å². The molecule has 1 fully saturated rings. The quantitative estimate of drug-likeness (QED) is 0.901. The Morgan fingerprint density at radius 3 is 2.59 bits per heavy atom. The number of benzene rings is 1. The first-order chi connectivity index (χ1) is 7.68. The van der Waals surface area contributed by atoms with Gasteiger partial charge in [0.1, 0.15) is 5.82 Å². The SMILES string of the molecule is Cl.N[C@H](c1ccc(Cl)cc1F)C1CCOCC1. The molecule has 2 nitrogen and oxygen atoms in total. The zero-order valence-corrected chi connectivity index (χ0v) is 10.9. The Kier molecular flexibility index (Phi) is 5.67. The van der Waals surface area contributed by atoms with Crippen LogP contribution >= 0.6 is 24.0 Å². The summed E-state index contributed by atoms with van der Waals surface area (Å²) >= 11 is 5.71. The van der Waals surface area contributed by atoms with Gasteiger partial charge in [0.2, 0.25) is 0 Å². The highest BCUT2D eigenvalue weighted by atomic mass is 35.5. The van der Waals surface area contributed by atoms with Crippen molar-refractivity contribution in [3.63, 3.8) is 0 Å². The summed E-state index contributed by atoms with van der Waals surface area (Å²) < 4.78 is 18.9. The highest BCUT2D eigenvalue weighted by Crippen LogP contribution is 2.30. The molecule has 0 radical (unpaired) electrons. The van der Waals surface area contributed by atoms with E-state index < -0.39 is 0 Å². The lowest BCUT2D eigenvalue weighted by atomic mass is 9.87. The fourth-order valence-corrected chi connectivity index (χ4v) is 2.26. The lowest BCUT2D eigenvalue weighted by molar-refractivity contribution is 0.0580. The Hall–Kier alpha value is -0.350. The van der Waals surface area contributed by atoms with Crippen molar-refractivity contribution in [1.82, 2.24) is 0 Å². The van der Waals surface area contributed by atoms with Gasteiger partial charge in [-0.25, -0.2) is 4.39 Å². The first kappa shape index (κ1) is 14.7. The maximum absolute atomic E-state index is 13.7. The van der Waals surface area contributed by atoms with E-state index in [1.54, 1.807) is 12.1 Å². The maximum Gasteiger partial charge on any atom is 0.129 e. The third kappa shape index (κ3) is 3.55. The van der Waals surface area contributed by atoms with Gasteiger partial charge in [0.05, 0.1) is 0 Å². The third-order valence-electron chi connectivity index (χ3n) is 3.10. The molecule has 1 aliphatic rings. The fraction of sp³-hybridized carbons (Fsp3) is 0.500. The Morgan fingerprint density at radius 2 is 2.00 bits per heavy atom. The molecule has 0 unspecified atom stereocenters. The molecule has 0 aliphatic carbocycles. The van der Waals surface area contributed by atoms with Crippen LogP contribution in [-0.2, 0) is 4.74 Å². The molecule has 1 aromatic carbocycles. The summed E-state index contributed by atoms with van der Waals surface area (Å²) in [5, 5.41) is 0.403. The standard InChI is InChI=1S/C12H15ClFNO.ClH/c13-9-1-2-10(11(14)7-9)12(15)8-3-5-16-6-4-8;/h1-2,7-8,12H,3-6,15H2;1H/t12-;/m0./s1. The molecule has 17 heavy (non-hydrogen) atoms. The Morgan fingerprint density at radius 1 is 1.35 bits per heavy atom. The summed E-state index contributed by atoms with van der Waals surface area (Å²) in [4.78, 5) is 0. The number of halogens is 3.